The first-order valence-corrected chi connectivity index (χ1v) is 14.0. The van der Waals surface area contributed by atoms with E-state index in [1.165, 1.54) is 24.5 Å². The predicted octanol–water partition coefficient (Wildman–Crippen LogP) is 4.55. The summed E-state index contributed by atoms with van der Waals surface area (Å²) >= 11 is 7.46. The molecule has 1 aliphatic rings. The Morgan fingerprint density at radius 2 is 1.93 bits per heavy atom. The van der Waals surface area contributed by atoms with Crippen LogP contribution in [0.4, 0.5) is 5.69 Å². The zero-order valence-corrected chi connectivity index (χ0v) is 24.6. The van der Waals surface area contributed by atoms with Gasteiger partial charge in [-0.25, -0.2) is 4.98 Å². The number of hydrogen-bond acceptors (Lipinski definition) is 9. The van der Waals surface area contributed by atoms with Gasteiger partial charge in [-0.1, -0.05) is 37.6 Å². The standard InChI is InChI=1S/C29H31ClN2O8S/c1-29(2,15-33)14-32-20-9-8-16(30)10-19(20)25(18-6-5-7-22(38-3)26(18)39-4)40-23(28(32)37)12-21(34)27-31-17(13-41-27)11-24(35)36/h5-10,13,23,25,33H,11-12,14-15H2,1-4H3,(H,35,36)/t23-,25-/m1/s1. The number of aliphatic hydroxyl groups is 1. The molecule has 2 atom stereocenters. The lowest BCUT2D eigenvalue weighted by Crippen LogP contribution is -2.45. The molecule has 1 amide bonds. The highest BCUT2D eigenvalue weighted by Gasteiger charge is 2.41. The number of nitrogens with zero attached hydrogens (tertiary/aromatic N) is 2. The Balaban J connectivity index is 1.84. The van der Waals surface area contributed by atoms with Crippen molar-refractivity contribution in [2.75, 3.05) is 32.3 Å². The van der Waals surface area contributed by atoms with Crippen LogP contribution < -0.4 is 14.4 Å². The van der Waals surface area contributed by atoms with E-state index in [0.717, 1.165) is 11.3 Å². The summed E-state index contributed by atoms with van der Waals surface area (Å²) in [5.74, 6) is -1.16. The van der Waals surface area contributed by atoms with Gasteiger partial charge < -0.3 is 29.3 Å². The van der Waals surface area contributed by atoms with Gasteiger partial charge in [0, 0.05) is 52.2 Å². The van der Waals surface area contributed by atoms with Gasteiger partial charge in [-0.05, 0) is 24.3 Å². The van der Waals surface area contributed by atoms with Gasteiger partial charge in [0.25, 0.3) is 5.91 Å². The van der Waals surface area contributed by atoms with Gasteiger partial charge in [0.15, 0.2) is 22.3 Å². The van der Waals surface area contributed by atoms with Crippen LogP contribution in [0.5, 0.6) is 11.5 Å². The van der Waals surface area contributed by atoms with E-state index in [1.54, 1.807) is 36.4 Å². The molecule has 2 aromatic carbocycles. The Bertz CT molecular complexity index is 1460. The molecule has 10 nitrogen and oxygen atoms in total. The van der Waals surface area contributed by atoms with Crippen molar-refractivity contribution in [1.82, 2.24) is 4.98 Å². The third kappa shape index (κ3) is 6.70. The first-order valence-electron chi connectivity index (χ1n) is 12.8. The lowest BCUT2D eigenvalue weighted by Gasteiger charge is -2.32. The number of ether oxygens (including phenoxy) is 3. The number of hydrogen-bond donors (Lipinski definition) is 2. The van der Waals surface area contributed by atoms with E-state index in [2.05, 4.69) is 4.98 Å². The van der Waals surface area contributed by atoms with Crippen molar-refractivity contribution < 1.29 is 38.8 Å². The number of fused-ring (bicyclic) bond motifs is 1. The van der Waals surface area contributed by atoms with Crippen LogP contribution in [0.2, 0.25) is 5.02 Å². The summed E-state index contributed by atoms with van der Waals surface area (Å²) in [5, 5.41) is 21.1. The molecule has 0 saturated heterocycles. The largest absolute Gasteiger partial charge is 0.493 e. The minimum absolute atomic E-state index is 0.0835. The van der Waals surface area contributed by atoms with Gasteiger partial charge in [0.2, 0.25) is 0 Å². The zero-order valence-electron chi connectivity index (χ0n) is 23.0. The lowest BCUT2D eigenvalue weighted by molar-refractivity contribution is -0.136. The van der Waals surface area contributed by atoms with E-state index >= 15 is 0 Å². The molecule has 1 aliphatic heterocycles. The predicted molar refractivity (Wildman–Crippen MR) is 153 cm³/mol. The molecule has 4 rings (SSSR count). The van der Waals surface area contributed by atoms with Crippen molar-refractivity contribution in [1.29, 1.82) is 0 Å². The topological polar surface area (TPSA) is 135 Å². The molecular weight excluding hydrogens is 572 g/mol. The summed E-state index contributed by atoms with van der Waals surface area (Å²) in [4.78, 5) is 44.3. The maximum atomic E-state index is 14.1. The number of amides is 1. The molecule has 218 valence electrons. The fraction of sp³-hybridized carbons (Fsp3) is 0.379. The summed E-state index contributed by atoms with van der Waals surface area (Å²) in [6.07, 6.45) is -2.81. The number of methoxy groups -OCH3 is 2. The second kappa shape index (κ2) is 12.6. The number of ketones is 1. The van der Waals surface area contributed by atoms with Crippen molar-refractivity contribution in [3.63, 3.8) is 0 Å². The number of aliphatic carboxylic acids is 1. The van der Waals surface area contributed by atoms with Crippen molar-refractivity contribution in [3.05, 3.63) is 68.6 Å². The molecular formula is C29H31ClN2O8S. The molecule has 12 heteroatoms. The molecule has 0 spiro atoms. The van der Waals surface area contributed by atoms with Gasteiger partial charge in [0.05, 0.1) is 26.3 Å². The van der Waals surface area contributed by atoms with Crippen LogP contribution in [0.3, 0.4) is 0 Å². The number of aliphatic hydroxyl groups excluding tert-OH is 1. The Kier molecular flexibility index (Phi) is 9.33. The van der Waals surface area contributed by atoms with Gasteiger partial charge in [-0.15, -0.1) is 11.3 Å². The highest BCUT2D eigenvalue weighted by molar-refractivity contribution is 7.11. The van der Waals surface area contributed by atoms with Gasteiger partial charge in [-0.3, -0.25) is 14.4 Å². The zero-order chi connectivity index (χ0) is 29.9. The number of halogens is 1. The van der Waals surface area contributed by atoms with Crippen LogP contribution in [0.15, 0.2) is 41.8 Å². The molecule has 2 N–H and O–H groups in total. The number of carboxylic acid groups (broad SMARTS) is 1. The van der Waals surface area contributed by atoms with Crippen LogP contribution in [0, 0.1) is 5.41 Å². The number of rotatable bonds is 11. The SMILES string of the molecule is COc1cccc([C@H]2O[C@H](CC(=O)c3nc(CC(=O)O)cs3)C(=O)N(CC(C)(C)CO)c3ccc(Cl)cc32)c1OC. The minimum atomic E-state index is -1.25. The molecule has 2 heterocycles. The average molecular weight is 603 g/mol. The van der Waals surface area contributed by atoms with Crippen molar-refractivity contribution in [2.24, 2.45) is 5.41 Å². The molecule has 0 fully saturated rings. The molecule has 0 saturated carbocycles. The van der Waals surface area contributed by atoms with Gasteiger partial charge in [0.1, 0.15) is 12.2 Å². The number of anilines is 1. The number of Topliss-reactive ketones (excluding diaryl/α,β-unsaturated/α-hetero) is 1. The highest BCUT2D eigenvalue weighted by atomic mass is 35.5. The molecule has 0 radical (unpaired) electrons. The number of carboxylic acids is 1. The van der Waals surface area contributed by atoms with E-state index in [9.17, 15) is 19.5 Å². The highest BCUT2D eigenvalue weighted by Crippen LogP contribution is 2.45. The van der Waals surface area contributed by atoms with E-state index in [-0.39, 0.29) is 36.7 Å². The molecule has 1 aromatic heterocycles. The Labute approximate surface area is 246 Å². The second-order valence-corrected chi connectivity index (χ2v) is 11.7. The van der Waals surface area contributed by atoms with Crippen molar-refractivity contribution in [3.8, 4) is 11.5 Å². The molecule has 0 aliphatic carbocycles. The second-order valence-electron chi connectivity index (χ2n) is 10.4. The lowest BCUT2D eigenvalue weighted by atomic mass is 9.92. The summed E-state index contributed by atoms with van der Waals surface area (Å²) in [6.45, 7) is 3.59. The van der Waals surface area contributed by atoms with Gasteiger partial charge >= 0.3 is 5.97 Å². The van der Waals surface area contributed by atoms with Gasteiger partial charge in [-0.2, -0.15) is 0 Å². The number of aromatic nitrogens is 1. The molecule has 41 heavy (non-hydrogen) atoms. The number of carbonyl (C=O) groups excluding carboxylic acids is 2. The number of thiazole rings is 1. The maximum Gasteiger partial charge on any atom is 0.309 e. The quantitative estimate of drug-likeness (QED) is 0.303. The summed E-state index contributed by atoms with van der Waals surface area (Å²) in [5.41, 5.74) is 1.21. The van der Waals surface area contributed by atoms with Crippen LogP contribution in [-0.2, 0) is 20.7 Å². The van der Waals surface area contributed by atoms with E-state index in [4.69, 9.17) is 30.9 Å². The summed E-state index contributed by atoms with van der Waals surface area (Å²) in [6, 6.07) is 10.4. The van der Waals surface area contributed by atoms with E-state index < -0.39 is 35.3 Å². The van der Waals surface area contributed by atoms with Crippen molar-refractivity contribution in [2.45, 2.75) is 38.9 Å². The Morgan fingerprint density at radius 1 is 1.17 bits per heavy atom. The van der Waals surface area contributed by atoms with Crippen LogP contribution >= 0.6 is 22.9 Å². The normalized spacial score (nSPS) is 17.1. The first kappa shape index (κ1) is 30.4. The van der Waals surface area contributed by atoms with E-state index in [0.29, 0.717) is 33.3 Å². The summed E-state index contributed by atoms with van der Waals surface area (Å²) in [7, 11) is 3.01. The first-order chi connectivity index (χ1) is 19.5. The number of benzene rings is 2. The Hall–Kier alpha value is -3.51. The minimum Gasteiger partial charge on any atom is -0.493 e. The number of para-hydroxylation sites is 1. The fourth-order valence-corrected chi connectivity index (χ4v) is 5.58. The molecule has 0 unspecified atom stereocenters. The maximum absolute atomic E-state index is 14.1. The summed E-state index contributed by atoms with van der Waals surface area (Å²) < 4.78 is 17.7. The Morgan fingerprint density at radius 3 is 2.59 bits per heavy atom. The van der Waals surface area contributed by atoms with Crippen molar-refractivity contribution >= 4 is 46.3 Å². The number of carbonyl (C=O) groups is 3. The van der Waals surface area contributed by atoms with E-state index in [1.807, 2.05) is 13.8 Å². The molecule has 3 aromatic rings. The monoisotopic (exact) mass is 602 g/mol. The molecule has 0 bridgehead atoms. The third-order valence-electron chi connectivity index (χ3n) is 6.63. The average Bonchev–Trinajstić information content (AvgIpc) is 3.37. The van der Waals surface area contributed by atoms with Crippen LogP contribution in [-0.4, -0.2) is 66.3 Å². The third-order valence-corrected chi connectivity index (χ3v) is 7.80. The van der Waals surface area contributed by atoms with Crippen LogP contribution in [0.1, 0.15) is 53.0 Å². The smallest absolute Gasteiger partial charge is 0.309 e. The van der Waals surface area contributed by atoms with Crippen LogP contribution in [0.25, 0.3) is 0 Å². The fourth-order valence-electron chi connectivity index (χ4n) is 4.63.